The molecule has 1 N–H and O–H groups in total. The molecule has 1 aliphatic heterocycles. The van der Waals surface area contributed by atoms with E-state index in [2.05, 4.69) is 97.0 Å². The van der Waals surface area contributed by atoms with Gasteiger partial charge in [-0.2, -0.15) is 0 Å². The van der Waals surface area contributed by atoms with E-state index in [1.54, 1.807) is 0 Å². The van der Waals surface area contributed by atoms with Crippen molar-refractivity contribution >= 4 is 38.1 Å². The summed E-state index contributed by atoms with van der Waals surface area (Å²) in [5, 5.41) is 16.4. The Bertz CT molecular complexity index is 2150. The number of fused-ring (bicyclic) bond motifs is 5. The van der Waals surface area contributed by atoms with E-state index in [9.17, 15) is 9.90 Å². The van der Waals surface area contributed by atoms with Crippen LogP contribution in [0.3, 0.4) is 0 Å². The molecule has 0 saturated carbocycles. The first kappa shape index (κ1) is 39.7. The van der Waals surface area contributed by atoms with Gasteiger partial charge in [0.05, 0.1) is 12.9 Å². The minimum atomic E-state index is 0. The number of ketones is 1. The fourth-order valence-corrected chi connectivity index (χ4v) is 7.45. The van der Waals surface area contributed by atoms with Gasteiger partial charge in [-0.15, -0.1) is 17.5 Å². The molecule has 5 aromatic rings. The third-order valence-electron chi connectivity index (χ3n) is 10.1. The number of nitrogens with zero attached hydrogens (tertiary/aromatic N) is 1. The van der Waals surface area contributed by atoms with Crippen molar-refractivity contribution in [2.24, 2.45) is 22.7 Å². The van der Waals surface area contributed by atoms with Crippen LogP contribution < -0.4 is 4.74 Å². The Kier molecular flexibility index (Phi) is 12.7. The molecule has 279 valence electrons. The van der Waals surface area contributed by atoms with Crippen LogP contribution in [0, 0.1) is 35.7 Å². The summed E-state index contributed by atoms with van der Waals surface area (Å²) >= 11 is 0. The van der Waals surface area contributed by atoms with Gasteiger partial charge in [-0.1, -0.05) is 122 Å². The predicted molar refractivity (Wildman–Crippen MR) is 216 cm³/mol. The molecule has 0 amide bonds. The predicted octanol–water partition coefficient (Wildman–Crippen LogP) is 13.5. The van der Waals surface area contributed by atoms with Crippen molar-refractivity contribution in [3.05, 3.63) is 89.3 Å². The second-order valence-electron chi connectivity index (χ2n) is 16.8. The van der Waals surface area contributed by atoms with Gasteiger partial charge < -0.3 is 9.84 Å². The molecule has 52 heavy (non-hydrogen) atoms. The summed E-state index contributed by atoms with van der Waals surface area (Å²) in [6.45, 7) is 23.8. The average molecular weight is 878 g/mol. The molecule has 4 aromatic carbocycles. The molecule has 0 spiro atoms. The molecule has 0 fully saturated rings. The van der Waals surface area contributed by atoms with Crippen molar-refractivity contribution in [3.63, 3.8) is 0 Å². The number of aryl methyl sites for hydroxylation is 1. The number of aromatic nitrogens is 1. The quantitative estimate of drug-likeness (QED) is 0.0680. The number of aliphatic hydroxyl groups excluding tert-OH is 1. The molecule has 1 aliphatic rings. The van der Waals surface area contributed by atoms with E-state index in [1.807, 2.05) is 33.8 Å². The molecule has 5 heteroatoms. The monoisotopic (exact) mass is 878 g/mol. The number of allylic oxidation sites excluding steroid dienone is 2. The summed E-state index contributed by atoms with van der Waals surface area (Å²) < 4.78 is 15.5. The Morgan fingerprint density at radius 1 is 0.865 bits per heavy atom. The normalized spacial score (nSPS) is 13.1. The number of carbonyl (C=O) groups excluding carboxylic acids is 1. The van der Waals surface area contributed by atoms with Crippen molar-refractivity contribution in [3.8, 4) is 22.8 Å². The Labute approximate surface area is 327 Å². The molecule has 0 unspecified atom stereocenters. The molecular weight excluding hydrogens is 819 g/mol. The summed E-state index contributed by atoms with van der Waals surface area (Å²) in [4.78, 5) is 16.5. The SMILES string of the molecule is CCC(CC)C(=O)/C=C(\O)C(CC)CC.[2H]c1cc2c3c(cc4c(CC(C)(C)C)cccc42)Oc2c([c-]c4cc(C)ccc4c2CC(C)(C)C)-c3n1.[Ir]. The Morgan fingerprint density at radius 3 is 2.13 bits per heavy atom. The van der Waals surface area contributed by atoms with Crippen LogP contribution in [0.1, 0.15) is 113 Å². The minimum Gasteiger partial charge on any atom is -0.512 e. The third kappa shape index (κ3) is 8.97. The van der Waals surface area contributed by atoms with Crippen LogP contribution in [0.15, 0.2) is 66.5 Å². The van der Waals surface area contributed by atoms with Crippen molar-refractivity contribution in [1.29, 1.82) is 0 Å². The maximum atomic E-state index is 11.7. The fourth-order valence-electron chi connectivity index (χ4n) is 7.45. The number of ether oxygens (including phenoxy) is 1. The molecule has 4 nitrogen and oxygen atoms in total. The number of benzene rings is 4. The Morgan fingerprint density at radius 2 is 1.52 bits per heavy atom. The van der Waals surface area contributed by atoms with Crippen molar-refractivity contribution in [2.45, 2.75) is 115 Å². The smallest absolute Gasteiger partial charge is 0.162 e. The van der Waals surface area contributed by atoms with Crippen LogP contribution in [0.25, 0.3) is 43.6 Å². The second-order valence-corrected chi connectivity index (χ2v) is 16.8. The summed E-state index contributed by atoms with van der Waals surface area (Å²) in [6, 6.07) is 20.8. The van der Waals surface area contributed by atoms with Gasteiger partial charge in [0.1, 0.15) is 5.75 Å². The zero-order valence-electron chi connectivity index (χ0n) is 34.1. The number of hydrogen-bond donors (Lipinski definition) is 1. The summed E-state index contributed by atoms with van der Waals surface area (Å²) in [5.41, 5.74) is 5.60. The third-order valence-corrected chi connectivity index (χ3v) is 10.1. The molecule has 1 radical (unpaired) electrons. The van der Waals surface area contributed by atoms with Crippen molar-refractivity contribution in [1.82, 2.24) is 4.98 Å². The molecular formula is C47H58IrNO3-. The van der Waals surface area contributed by atoms with E-state index in [0.717, 1.165) is 82.8 Å². The first-order valence-corrected chi connectivity index (χ1v) is 19.0. The number of rotatable bonds is 9. The summed E-state index contributed by atoms with van der Waals surface area (Å²) in [5.74, 6) is 2.21. The Balaban J connectivity index is 0.000000335. The molecule has 6 rings (SSSR count). The summed E-state index contributed by atoms with van der Waals surface area (Å²) in [7, 11) is 0. The Hall–Kier alpha value is -3.53. The maximum absolute atomic E-state index is 11.7. The number of aliphatic hydroxyl groups is 1. The van der Waals surface area contributed by atoms with E-state index < -0.39 is 0 Å². The van der Waals surface area contributed by atoms with Crippen LogP contribution in [-0.2, 0) is 37.7 Å². The van der Waals surface area contributed by atoms with Gasteiger partial charge in [0.25, 0.3) is 0 Å². The second kappa shape index (κ2) is 16.6. The van der Waals surface area contributed by atoms with Crippen LogP contribution in [0.2, 0.25) is 0 Å². The minimum absolute atomic E-state index is 0. The standard InChI is InChI=1S/C34H34NO.C13H24O2.Ir/c1-20-11-12-23-22(15-20)16-27-31-30-25(13-14-35-31)24-10-8-9-21(18-33(2,3)4)26(24)17-29(30)36-32(27)28(23)19-34(5,6)7;1-5-10(6-2)12(14)9-13(15)11(7-3)8-4;/h8-15,17H,18-19H2,1-7H3;9-11,14H,5-8H2,1-4H3;/q-1;;/b;12-9-;/i14D;;. The molecule has 0 bridgehead atoms. The van der Waals surface area contributed by atoms with Crippen molar-refractivity contribution in [2.75, 3.05) is 0 Å². The van der Waals surface area contributed by atoms with Gasteiger partial charge in [-0.25, -0.2) is 0 Å². The van der Waals surface area contributed by atoms with Gasteiger partial charge in [0.2, 0.25) is 0 Å². The number of pyridine rings is 1. The first-order chi connectivity index (χ1) is 24.5. The molecule has 0 saturated heterocycles. The van der Waals surface area contributed by atoms with E-state index >= 15 is 0 Å². The van der Waals surface area contributed by atoms with E-state index in [-0.39, 0.29) is 60.5 Å². The maximum Gasteiger partial charge on any atom is 0.162 e. The fraction of sp³-hybridized carbons (Fsp3) is 0.447. The van der Waals surface area contributed by atoms with Crippen LogP contribution in [0.4, 0.5) is 0 Å². The molecule has 0 aliphatic carbocycles. The van der Waals surface area contributed by atoms with E-state index in [4.69, 9.17) is 11.1 Å². The van der Waals surface area contributed by atoms with Crippen LogP contribution in [-0.4, -0.2) is 15.9 Å². The first-order valence-electron chi connectivity index (χ1n) is 19.5. The van der Waals surface area contributed by atoms with Gasteiger partial charge in [-0.3, -0.25) is 9.78 Å². The van der Waals surface area contributed by atoms with Gasteiger partial charge >= 0.3 is 0 Å². The molecule has 1 aromatic heterocycles. The average Bonchev–Trinajstić information content (AvgIpc) is 3.05. The van der Waals surface area contributed by atoms with E-state index in [1.165, 1.54) is 33.5 Å². The van der Waals surface area contributed by atoms with Gasteiger partial charge in [0.15, 0.2) is 5.78 Å². The van der Waals surface area contributed by atoms with Gasteiger partial charge in [-0.05, 0) is 90.1 Å². The number of carbonyl (C=O) groups is 1. The molecule has 2 heterocycles. The topological polar surface area (TPSA) is 59.4 Å². The zero-order valence-corrected chi connectivity index (χ0v) is 35.5. The number of hydrogen-bond acceptors (Lipinski definition) is 4. The van der Waals surface area contributed by atoms with Gasteiger partial charge in [0, 0.05) is 55.3 Å². The largest absolute Gasteiger partial charge is 0.512 e. The van der Waals surface area contributed by atoms with Crippen molar-refractivity contribution < 1.29 is 36.1 Å². The van der Waals surface area contributed by atoms with E-state index in [0.29, 0.717) is 0 Å². The summed E-state index contributed by atoms with van der Waals surface area (Å²) in [6.07, 6.45) is 7.00. The molecule has 0 atom stereocenters. The zero-order chi connectivity index (χ0) is 38.1. The van der Waals surface area contributed by atoms with Crippen LogP contribution in [0.5, 0.6) is 11.5 Å². The van der Waals surface area contributed by atoms with Crippen LogP contribution >= 0.6 is 0 Å².